The highest BCUT2D eigenvalue weighted by atomic mass is 19.3. The number of carbonyl (C=O) groups is 3. The lowest BCUT2D eigenvalue weighted by molar-refractivity contribution is -0.135. The van der Waals surface area contributed by atoms with Crippen molar-refractivity contribution in [2.45, 2.75) is 44.1 Å². The molecule has 1 spiro atoms. The molecule has 30 heavy (non-hydrogen) atoms. The van der Waals surface area contributed by atoms with Crippen LogP contribution in [-0.2, 0) is 11.8 Å². The molecule has 1 saturated carbocycles. The van der Waals surface area contributed by atoms with Gasteiger partial charge in [-0.2, -0.15) is 0 Å². The van der Waals surface area contributed by atoms with Gasteiger partial charge in [-0.3, -0.25) is 14.5 Å². The number of imide groups is 1. The number of rotatable bonds is 4. The van der Waals surface area contributed by atoms with Crippen LogP contribution in [0.5, 0.6) is 0 Å². The average molecular weight is 416 g/mol. The van der Waals surface area contributed by atoms with Crippen LogP contribution in [0.3, 0.4) is 0 Å². The summed E-state index contributed by atoms with van der Waals surface area (Å²) >= 11 is 0. The quantitative estimate of drug-likeness (QED) is 0.613. The number of aryl methyl sites for hydroxylation is 1. The molecule has 3 amide bonds. The molecular weight excluding hydrogens is 394 g/mol. The van der Waals surface area contributed by atoms with Crippen molar-refractivity contribution in [2.24, 2.45) is 7.05 Å². The number of aromatic nitrogens is 2. The average Bonchev–Trinajstić information content (AvgIpc) is 3.18. The van der Waals surface area contributed by atoms with E-state index in [0.29, 0.717) is 0 Å². The summed E-state index contributed by atoms with van der Waals surface area (Å²) in [6.45, 7) is 1.47. The van der Waals surface area contributed by atoms with E-state index in [4.69, 9.17) is 0 Å². The molecule has 0 atom stereocenters. The van der Waals surface area contributed by atoms with Crippen LogP contribution in [0.1, 0.15) is 41.9 Å². The van der Waals surface area contributed by atoms with E-state index in [0.717, 1.165) is 21.7 Å². The zero-order valence-electron chi connectivity index (χ0n) is 16.7. The zero-order chi connectivity index (χ0) is 21.7. The number of carbonyl (C=O) groups excluding carboxylic acids is 3. The first-order valence-electron chi connectivity index (χ1n) is 9.76. The van der Waals surface area contributed by atoms with Crippen molar-refractivity contribution in [1.82, 2.24) is 19.8 Å². The molecule has 2 heterocycles. The van der Waals surface area contributed by atoms with Gasteiger partial charge < -0.3 is 9.88 Å². The van der Waals surface area contributed by atoms with Crippen LogP contribution in [0.25, 0.3) is 11.3 Å². The summed E-state index contributed by atoms with van der Waals surface area (Å²) in [4.78, 5) is 43.0. The molecule has 0 radical (unpaired) electrons. The first-order chi connectivity index (χ1) is 14.1. The Morgan fingerprint density at radius 3 is 2.57 bits per heavy atom. The Bertz CT molecular complexity index is 1040. The molecule has 9 heteroatoms. The van der Waals surface area contributed by atoms with Crippen molar-refractivity contribution >= 4 is 17.7 Å². The number of halogens is 2. The van der Waals surface area contributed by atoms with E-state index >= 15 is 0 Å². The third-order valence-corrected chi connectivity index (χ3v) is 5.93. The van der Waals surface area contributed by atoms with E-state index < -0.39 is 48.6 Å². The van der Waals surface area contributed by atoms with E-state index in [2.05, 4.69) is 10.3 Å². The minimum absolute atomic E-state index is 0.114. The fourth-order valence-electron chi connectivity index (χ4n) is 4.16. The third-order valence-electron chi connectivity index (χ3n) is 5.93. The van der Waals surface area contributed by atoms with E-state index in [1.165, 1.54) is 0 Å². The predicted octanol–water partition coefficient (Wildman–Crippen LogP) is 3.08. The molecule has 0 bridgehead atoms. The Hall–Kier alpha value is -3.10. The lowest BCUT2D eigenvalue weighted by Crippen LogP contribution is -2.51. The second kappa shape index (κ2) is 7.00. The number of hydrogen-bond acceptors (Lipinski definition) is 4. The van der Waals surface area contributed by atoms with Crippen LogP contribution < -0.4 is 5.32 Å². The second-order valence-corrected chi connectivity index (χ2v) is 8.08. The van der Waals surface area contributed by atoms with Gasteiger partial charge in [-0.15, -0.1) is 0 Å². The summed E-state index contributed by atoms with van der Waals surface area (Å²) < 4.78 is 28.6. The molecule has 1 aromatic carbocycles. The minimum Gasteiger partial charge on any atom is -0.325 e. The molecule has 1 aromatic heterocycles. The molecule has 1 N–H and O–H groups in total. The number of amides is 3. The van der Waals surface area contributed by atoms with Gasteiger partial charge in [0.05, 0.1) is 18.4 Å². The first-order valence-corrected chi connectivity index (χ1v) is 9.76. The van der Waals surface area contributed by atoms with Gasteiger partial charge in [-0.25, -0.2) is 18.6 Å². The van der Waals surface area contributed by atoms with Crippen LogP contribution >= 0.6 is 0 Å². The van der Waals surface area contributed by atoms with Crippen molar-refractivity contribution in [3.05, 3.63) is 41.9 Å². The van der Waals surface area contributed by atoms with Crippen LogP contribution in [0, 0.1) is 6.92 Å². The predicted molar refractivity (Wildman–Crippen MR) is 104 cm³/mol. The van der Waals surface area contributed by atoms with E-state index in [1.54, 1.807) is 17.8 Å². The molecule has 7 nitrogen and oxygen atoms in total. The Labute approximate surface area is 172 Å². The number of imidazole rings is 1. The van der Waals surface area contributed by atoms with Gasteiger partial charge in [0.25, 0.3) is 5.91 Å². The number of ketones is 1. The Balaban J connectivity index is 1.52. The summed E-state index contributed by atoms with van der Waals surface area (Å²) in [7, 11) is 1.69. The van der Waals surface area contributed by atoms with Crippen molar-refractivity contribution in [3.63, 3.8) is 0 Å². The summed E-state index contributed by atoms with van der Waals surface area (Å²) in [5.74, 6) is -3.84. The van der Waals surface area contributed by atoms with Gasteiger partial charge in [-0.05, 0) is 25.8 Å². The third kappa shape index (κ3) is 3.38. The number of urea groups is 1. The SMILES string of the molecule is Cc1cccc(-c2cnc(C(=O)CN3C(=O)NC4(CCC(F)(F)CC4)C3=O)n2C)c1. The molecule has 1 saturated heterocycles. The molecule has 1 aliphatic heterocycles. The van der Waals surface area contributed by atoms with Crippen LogP contribution in [0.4, 0.5) is 13.6 Å². The minimum atomic E-state index is -2.83. The lowest BCUT2D eigenvalue weighted by atomic mass is 9.80. The van der Waals surface area contributed by atoms with Crippen LogP contribution in [0.15, 0.2) is 30.5 Å². The van der Waals surface area contributed by atoms with Gasteiger partial charge in [0.1, 0.15) is 5.54 Å². The highest BCUT2D eigenvalue weighted by Gasteiger charge is 2.55. The highest BCUT2D eigenvalue weighted by molar-refractivity contribution is 6.10. The fourth-order valence-corrected chi connectivity index (χ4v) is 4.16. The zero-order valence-corrected chi connectivity index (χ0v) is 16.7. The topological polar surface area (TPSA) is 84.3 Å². The van der Waals surface area contributed by atoms with Gasteiger partial charge in [0, 0.05) is 25.5 Å². The van der Waals surface area contributed by atoms with Crippen molar-refractivity contribution < 1.29 is 23.2 Å². The Morgan fingerprint density at radius 2 is 1.90 bits per heavy atom. The monoisotopic (exact) mass is 416 g/mol. The van der Waals surface area contributed by atoms with Gasteiger partial charge in [-0.1, -0.05) is 23.8 Å². The summed E-state index contributed by atoms with van der Waals surface area (Å²) in [6.07, 6.45) is 0.336. The number of benzene rings is 1. The lowest BCUT2D eigenvalue weighted by Gasteiger charge is -2.34. The maximum atomic E-state index is 13.5. The number of nitrogens with zero attached hydrogens (tertiary/aromatic N) is 3. The Kier molecular flexibility index (Phi) is 4.71. The van der Waals surface area contributed by atoms with Crippen LogP contribution in [0.2, 0.25) is 0 Å². The summed E-state index contributed by atoms with van der Waals surface area (Å²) in [6, 6.07) is 7.00. The molecule has 0 unspecified atom stereocenters. The van der Waals surface area contributed by atoms with Gasteiger partial charge in [0.15, 0.2) is 5.82 Å². The van der Waals surface area contributed by atoms with E-state index in [-0.39, 0.29) is 18.7 Å². The maximum Gasteiger partial charge on any atom is 0.325 e. The van der Waals surface area contributed by atoms with Crippen molar-refractivity contribution in [3.8, 4) is 11.3 Å². The summed E-state index contributed by atoms with van der Waals surface area (Å²) in [5.41, 5.74) is 1.34. The highest BCUT2D eigenvalue weighted by Crippen LogP contribution is 2.41. The molecule has 2 aliphatic rings. The fraction of sp³-hybridized carbons (Fsp3) is 0.429. The van der Waals surface area contributed by atoms with Crippen molar-refractivity contribution in [2.75, 3.05) is 6.54 Å². The number of alkyl halides is 2. The maximum absolute atomic E-state index is 13.5. The first kappa shape index (κ1) is 20.2. The van der Waals surface area contributed by atoms with E-state index in [1.807, 2.05) is 31.2 Å². The van der Waals surface area contributed by atoms with Crippen molar-refractivity contribution in [1.29, 1.82) is 0 Å². The molecule has 4 rings (SSSR count). The normalized spacial score (nSPS) is 19.9. The molecule has 1 aliphatic carbocycles. The van der Waals surface area contributed by atoms with Gasteiger partial charge in [0.2, 0.25) is 11.7 Å². The number of hydrogen-bond donors (Lipinski definition) is 1. The molecule has 2 aromatic rings. The second-order valence-electron chi connectivity index (χ2n) is 8.08. The van der Waals surface area contributed by atoms with Crippen LogP contribution in [-0.4, -0.2) is 50.2 Å². The number of Topliss-reactive ketones (excluding diaryl/α,β-unsaturated/α-hetero) is 1. The largest absolute Gasteiger partial charge is 0.325 e. The molecular formula is C21H22F2N4O3. The summed E-state index contributed by atoms with van der Waals surface area (Å²) in [5, 5.41) is 2.54. The van der Waals surface area contributed by atoms with E-state index in [9.17, 15) is 23.2 Å². The molecule has 158 valence electrons. The molecule has 2 fully saturated rings. The smallest absolute Gasteiger partial charge is 0.325 e. The number of nitrogens with one attached hydrogen (secondary N) is 1. The Morgan fingerprint density at radius 1 is 1.20 bits per heavy atom. The van der Waals surface area contributed by atoms with Gasteiger partial charge >= 0.3 is 6.03 Å². The standard InChI is InChI=1S/C21H22F2N4O3/c1-13-4-3-5-14(10-13)15-11-24-17(26(15)2)16(28)12-27-18(29)20(25-19(27)30)6-8-21(22,23)9-7-20/h3-5,10-11H,6-9,12H2,1-2H3,(H,25,30).